The van der Waals surface area contributed by atoms with Crippen LogP contribution in [-0.2, 0) is 0 Å². The summed E-state index contributed by atoms with van der Waals surface area (Å²) in [6.07, 6.45) is 0. The first kappa shape index (κ1) is 15.8. The lowest BCUT2D eigenvalue weighted by molar-refractivity contribution is 0.0548. The highest BCUT2D eigenvalue weighted by atomic mass is 16.5. The Morgan fingerprint density at radius 1 is 1.24 bits per heavy atom. The number of benzene rings is 1. The van der Waals surface area contributed by atoms with Gasteiger partial charge < -0.3 is 9.42 Å². The monoisotopic (exact) mass is 340 g/mol. The van der Waals surface area contributed by atoms with Crippen molar-refractivity contribution in [3.05, 3.63) is 41.7 Å². The fraction of sp³-hybridized carbons (Fsp3) is 0.412. The van der Waals surface area contributed by atoms with Crippen LogP contribution in [0.5, 0.6) is 0 Å². The number of aryl methyl sites for hydroxylation is 1. The van der Waals surface area contributed by atoms with Crippen LogP contribution in [0.4, 0.5) is 0 Å². The summed E-state index contributed by atoms with van der Waals surface area (Å²) in [6.45, 7) is 6.68. The number of carbonyl (C=O) groups excluding carboxylic acids is 1. The van der Waals surface area contributed by atoms with Crippen LogP contribution in [0.15, 0.2) is 28.8 Å². The standard InChI is InChI=1S/C17H20N6O2/c1-11(16-18-12(2)21-25-16)22-7-9-23(10-8-22)17(24)15-13-5-3-4-6-14(13)19-20-15/h3-6,11H,7-10H2,1-2H3,(H,19,20). The van der Waals surface area contributed by atoms with Crippen molar-refractivity contribution in [1.82, 2.24) is 30.1 Å². The van der Waals surface area contributed by atoms with Crippen LogP contribution in [0.3, 0.4) is 0 Å². The first-order valence-corrected chi connectivity index (χ1v) is 8.40. The van der Waals surface area contributed by atoms with Gasteiger partial charge in [-0.05, 0) is 19.9 Å². The van der Waals surface area contributed by atoms with Crippen molar-refractivity contribution < 1.29 is 9.32 Å². The lowest BCUT2D eigenvalue weighted by atomic mass is 10.1. The van der Waals surface area contributed by atoms with Crippen molar-refractivity contribution in [1.29, 1.82) is 0 Å². The van der Waals surface area contributed by atoms with Gasteiger partial charge in [-0.1, -0.05) is 23.4 Å². The zero-order valence-electron chi connectivity index (χ0n) is 14.3. The summed E-state index contributed by atoms with van der Waals surface area (Å²) >= 11 is 0. The summed E-state index contributed by atoms with van der Waals surface area (Å²) in [6, 6.07) is 7.73. The molecule has 0 spiro atoms. The van der Waals surface area contributed by atoms with E-state index in [0.29, 0.717) is 30.5 Å². The van der Waals surface area contributed by atoms with Crippen LogP contribution in [-0.4, -0.2) is 62.2 Å². The molecule has 1 saturated heterocycles. The van der Waals surface area contributed by atoms with Crippen molar-refractivity contribution in [2.45, 2.75) is 19.9 Å². The summed E-state index contributed by atoms with van der Waals surface area (Å²) in [7, 11) is 0. The SMILES string of the molecule is Cc1noc(C(C)N2CCN(C(=O)c3n[nH]c4ccccc34)CC2)n1. The summed E-state index contributed by atoms with van der Waals surface area (Å²) in [5.41, 5.74) is 1.37. The van der Waals surface area contributed by atoms with E-state index in [2.05, 4.69) is 25.2 Å². The lowest BCUT2D eigenvalue weighted by Gasteiger charge is -2.36. The fourth-order valence-electron chi connectivity index (χ4n) is 3.23. The number of nitrogens with zero attached hydrogens (tertiary/aromatic N) is 5. The number of piperazine rings is 1. The second kappa shape index (κ2) is 6.29. The molecular weight excluding hydrogens is 320 g/mol. The minimum absolute atomic E-state index is 0.0293. The van der Waals surface area contributed by atoms with Gasteiger partial charge in [0.25, 0.3) is 5.91 Å². The Hall–Kier alpha value is -2.74. The molecule has 3 aromatic rings. The average Bonchev–Trinajstić information content (AvgIpc) is 3.27. The van der Waals surface area contributed by atoms with E-state index in [-0.39, 0.29) is 11.9 Å². The van der Waals surface area contributed by atoms with Gasteiger partial charge in [-0.25, -0.2) is 0 Å². The minimum Gasteiger partial charge on any atom is -0.338 e. The maximum atomic E-state index is 12.8. The maximum Gasteiger partial charge on any atom is 0.275 e. The molecule has 0 radical (unpaired) electrons. The van der Waals surface area contributed by atoms with E-state index in [0.717, 1.165) is 24.0 Å². The number of hydrogen-bond donors (Lipinski definition) is 1. The Morgan fingerprint density at radius 2 is 2.00 bits per heavy atom. The van der Waals surface area contributed by atoms with E-state index in [1.807, 2.05) is 43.0 Å². The number of para-hydroxylation sites is 1. The molecular formula is C17H20N6O2. The summed E-state index contributed by atoms with van der Waals surface area (Å²) in [5, 5.41) is 11.9. The van der Waals surface area contributed by atoms with Crippen molar-refractivity contribution in [2.24, 2.45) is 0 Å². The third kappa shape index (κ3) is 2.89. The van der Waals surface area contributed by atoms with Gasteiger partial charge in [0.15, 0.2) is 11.5 Å². The van der Waals surface area contributed by atoms with Crippen LogP contribution in [0.2, 0.25) is 0 Å². The largest absolute Gasteiger partial charge is 0.338 e. The number of nitrogens with one attached hydrogen (secondary N) is 1. The lowest BCUT2D eigenvalue weighted by Crippen LogP contribution is -2.49. The van der Waals surface area contributed by atoms with Gasteiger partial charge in [-0.2, -0.15) is 10.1 Å². The second-order valence-corrected chi connectivity index (χ2v) is 6.30. The number of rotatable bonds is 3. The molecule has 1 N–H and O–H groups in total. The highest BCUT2D eigenvalue weighted by Gasteiger charge is 2.29. The fourth-order valence-corrected chi connectivity index (χ4v) is 3.23. The molecule has 1 amide bonds. The van der Waals surface area contributed by atoms with Gasteiger partial charge in [0, 0.05) is 31.6 Å². The quantitative estimate of drug-likeness (QED) is 0.781. The Morgan fingerprint density at radius 3 is 2.72 bits per heavy atom. The van der Waals surface area contributed by atoms with Gasteiger partial charge >= 0.3 is 0 Å². The van der Waals surface area contributed by atoms with Crippen LogP contribution in [0.25, 0.3) is 10.9 Å². The molecule has 1 aliphatic heterocycles. The first-order chi connectivity index (χ1) is 12.1. The molecule has 1 atom stereocenters. The normalized spacial score (nSPS) is 17.1. The Labute approximate surface area is 144 Å². The summed E-state index contributed by atoms with van der Waals surface area (Å²) in [5.74, 6) is 1.23. The van der Waals surface area contributed by atoms with Crippen LogP contribution in [0, 0.1) is 6.92 Å². The van der Waals surface area contributed by atoms with Crippen LogP contribution >= 0.6 is 0 Å². The molecule has 130 valence electrons. The smallest absolute Gasteiger partial charge is 0.275 e. The molecule has 0 bridgehead atoms. The van der Waals surface area contributed by atoms with Crippen molar-refractivity contribution in [2.75, 3.05) is 26.2 Å². The van der Waals surface area contributed by atoms with E-state index in [1.165, 1.54) is 0 Å². The van der Waals surface area contributed by atoms with Crippen molar-refractivity contribution in [3.8, 4) is 0 Å². The molecule has 1 fully saturated rings. The molecule has 8 nitrogen and oxygen atoms in total. The number of H-pyrrole nitrogens is 1. The maximum absolute atomic E-state index is 12.8. The third-order valence-corrected chi connectivity index (χ3v) is 4.72. The van der Waals surface area contributed by atoms with Gasteiger partial charge in [-0.15, -0.1) is 0 Å². The third-order valence-electron chi connectivity index (χ3n) is 4.72. The Balaban J connectivity index is 1.44. The molecule has 8 heteroatoms. The second-order valence-electron chi connectivity index (χ2n) is 6.30. The number of hydrogen-bond acceptors (Lipinski definition) is 6. The molecule has 1 aromatic carbocycles. The molecule has 3 heterocycles. The predicted molar refractivity (Wildman–Crippen MR) is 91.0 cm³/mol. The zero-order valence-corrected chi connectivity index (χ0v) is 14.3. The number of carbonyl (C=O) groups is 1. The molecule has 1 unspecified atom stereocenters. The summed E-state index contributed by atoms with van der Waals surface area (Å²) in [4.78, 5) is 21.2. The molecule has 4 rings (SSSR count). The number of amides is 1. The predicted octanol–water partition coefficient (Wildman–Crippen LogP) is 1.77. The van der Waals surface area contributed by atoms with E-state index in [1.54, 1.807) is 0 Å². The Bertz CT molecular complexity index is 893. The van der Waals surface area contributed by atoms with E-state index < -0.39 is 0 Å². The van der Waals surface area contributed by atoms with Crippen molar-refractivity contribution >= 4 is 16.8 Å². The molecule has 0 saturated carbocycles. The topological polar surface area (TPSA) is 91.2 Å². The molecule has 2 aromatic heterocycles. The van der Waals surface area contributed by atoms with E-state index in [4.69, 9.17) is 4.52 Å². The number of fused-ring (bicyclic) bond motifs is 1. The van der Waals surface area contributed by atoms with Crippen LogP contribution < -0.4 is 0 Å². The molecule has 1 aliphatic rings. The number of aromatic amines is 1. The summed E-state index contributed by atoms with van der Waals surface area (Å²) < 4.78 is 5.26. The first-order valence-electron chi connectivity index (χ1n) is 8.40. The Kier molecular flexibility index (Phi) is 3.96. The van der Waals surface area contributed by atoms with Crippen LogP contribution in [0.1, 0.15) is 35.2 Å². The highest BCUT2D eigenvalue weighted by Crippen LogP contribution is 2.22. The zero-order chi connectivity index (χ0) is 17.4. The number of aromatic nitrogens is 4. The van der Waals surface area contributed by atoms with E-state index >= 15 is 0 Å². The molecule has 25 heavy (non-hydrogen) atoms. The van der Waals surface area contributed by atoms with Gasteiger partial charge in [0.05, 0.1) is 11.6 Å². The highest BCUT2D eigenvalue weighted by molar-refractivity contribution is 6.04. The van der Waals surface area contributed by atoms with Gasteiger partial charge in [-0.3, -0.25) is 14.8 Å². The van der Waals surface area contributed by atoms with E-state index in [9.17, 15) is 4.79 Å². The average molecular weight is 340 g/mol. The van der Waals surface area contributed by atoms with Gasteiger partial charge in [0.1, 0.15) is 0 Å². The minimum atomic E-state index is -0.0293. The molecule has 0 aliphatic carbocycles. The van der Waals surface area contributed by atoms with Gasteiger partial charge in [0.2, 0.25) is 5.89 Å². The van der Waals surface area contributed by atoms with Crippen molar-refractivity contribution in [3.63, 3.8) is 0 Å².